The molecule has 0 spiro atoms. The minimum atomic E-state index is -4.62. The predicted octanol–water partition coefficient (Wildman–Crippen LogP) is 2.97. The minimum absolute atomic E-state index is 0.0649. The lowest BCUT2D eigenvalue weighted by Crippen LogP contribution is -2.42. The van der Waals surface area contributed by atoms with Crippen molar-refractivity contribution in [2.75, 3.05) is 45.5 Å². The number of ether oxygens (including phenoxy) is 4. The van der Waals surface area contributed by atoms with Crippen LogP contribution in [-0.4, -0.2) is 92.2 Å². The van der Waals surface area contributed by atoms with Crippen LogP contribution < -0.4 is 14.5 Å². The van der Waals surface area contributed by atoms with Crippen LogP contribution in [0.3, 0.4) is 0 Å². The Bertz CT molecular complexity index is 1100. The number of aliphatic hydroxyl groups excluding tert-OH is 1. The summed E-state index contributed by atoms with van der Waals surface area (Å²) in [5.41, 5.74) is 0.350. The molecule has 3 rings (SSSR count). The van der Waals surface area contributed by atoms with E-state index in [2.05, 4.69) is 10.1 Å². The van der Waals surface area contributed by atoms with Gasteiger partial charge in [-0.15, -0.1) is 0 Å². The normalized spacial score (nSPS) is 19.4. The summed E-state index contributed by atoms with van der Waals surface area (Å²) in [5.74, 6) is 0.0505. The Kier molecular flexibility index (Phi) is 9.51. The van der Waals surface area contributed by atoms with Crippen molar-refractivity contribution >= 4 is 28.7 Å². The number of anilines is 1. The minimum Gasteiger partial charge on any atom is -0.480 e. The lowest BCUT2D eigenvalue weighted by atomic mass is 10.1. The topological polar surface area (TPSA) is 106 Å². The number of benzene rings is 1. The maximum Gasteiger partial charge on any atom is 0.425 e. The van der Waals surface area contributed by atoms with Gasteiger partial charge < -0.3 is 24.1 Å². The molecule has 1 aromatic carbocycles. The van der Waals surface area contributed by atoms with E-state index < -0.39 is 25.0 Å². The second kappa shape index (κ2) is 12.4. The molecule has 0 radical (unpaired) electrons. The molecule has 37 heavy (non-hydrogen) atoms. The highest BCUT2D eigenvalue weighted by Gasteiger charge is 2.39. The molecule has 204 valence electrons. The van der Waals surface area contributed by atoms with Gasteiger partial charge in [0.15, 0.2) is 11.9 Å². The number of nitrogens with zero attached hydrogens (tertiary/aromatic N) is 4. The molecule has 0 aliphatic carbocycles. The van der Waals surface area contributed by atoms with Gasteiger partial charge in [-0.05, 0) is 31.4 Å². The average Bonchev–Trinajstić information content (AvgIpc) is 2.88. The Hall–Kier alpha value is -3.16. The fourth-order valence-electron chi connectivity index (χ4n) is 3.78. The molecule has 1 aliphatic rings. The van der Waals surface area contributed by atoms with Gasteiger partial charge in [0, 0.05) is 39.4 Å². The lowest BCUT2D eigenvalue weighted by Gasteiger charge is -2.31. The first-order chi connectivity index (χ1) is 17.6. The van der Waals surface area contributed by atoms with E-state index in [4.69, 9.17) is 18.9 Å². The summed E-state index contributed by atoms with van der Waals surface area (Å²) in [5, 5.41) is 16.0. The van der Waals surface area contributed by atoms with Crippen molar-refractivity contribution in [2.24, 2.45) is 5.10 Å². The smallest absolute Gasteiger partial charge is 0.425 e. The molecule has 2 aromatic rings. The average molecular weight is 529 g/mol. The standard InChI is InChI=1S/C24H31F3N4O6/c1-5-31(14-33)21(12-32)29-30(3)17-10-16-6-8-28-23(37-18-7-9-35-13-20(18)34-4)22(16)19(11-17)36-15(2)24(25,26)27/h6,8,10-11,14-15,18,20,32H,5,7,9,12-13H2,1-4H3/b29-21-. The van der Waals surface area contributed by atoms with Gasteiger partial charge in [0.1, 0.15) is 24.6 Å². The highest BCUT2D eigenvalue weighted by Crippen LogP contribution is 2.39. The van der Waals surface area contributed by atoms with E-state index in [0.29, 0.717) is 37.1 Å². The molecular formula is C24H31F3N4O6. The number of aliphatic hydroxyl groups is 1. The highest BCUT2D eigenvalue weighted by molar-refractivity contribution is 5.96. The van der Waals surface area contributed by atoms with E-state index in [0.717, 1.165) is 6.92 Å². The Morgan fingerprint density at radius 3 is 2.76 bits per heavy atom. The van der Waals surface area contributed by atoms with Crippen LogP contribution in [0.2, 0.25) is 0 Å². The summed E-state index contributed by atoms with van der Waals surface area (Å²) < 4.78 is 62.7. The first-order valence-corrected chi connectivity index (χ1v) is 11.7. The summed E-state index contributed by atoms with van der Waals surface area (Å²) >= 11 is 0. The molecule has 2 heterocycles. The van der Waals surface area contributed by atoms with Crippen molar-refractivity contribution < 1.29 is 42.0 Å². The number of carbonyl (C=O) groups excluding carboxylic acids is 1. The summed E-state index contributed by atoms with van der Waals surface area (Å²) in [6.45, 7) is 3.13. The summed E-state index contributed by atoms with van der Waals surface area (Å²) in [4.78, 5) is 16.8. The monoisotopic (exact) mass is 528 g/mol. The largest absolute Gasteiger partial charge is 0.480 e. The van der Waals surface area contributed by atoms with Crippen LogP contribution in [0.1, 0.15) is 20.3 Å². The number of pyridine rings is 1. The van der Waals surface area contributed by atoms with Crippen molar-refractivity contribution in [3.05, 3.63) is 24.4 Å². The van der Waals surface area contributed by atoms with Crippen LogP contribution in [0, 0.1) is 0 Å². The number of rotatable bonds is 10. The van der Waals surface area contributed by atoms with Gasteiger partial charge in [0.2, 0.25) is 12.3 Å². The third kappa shape index (κ3) is 6.79. The summed E-state index contributed by atoms with van der Waals surface area (Å²) in [6.07, 6.45) is -5.02. The second-order valence-corrected chi connectivity index (χ2v) is 8.34. The number of amidine groups is 1. The number of likely N-dealkylation sites (N-methyl/N-ethyl adjacent to an activating group) is 1. The molecule has 1 aliphatic heterocycles. The fraction of sp³-hybridized carbons (Fsp3) is 0.542. The van der Waals surface area contributed by atoms with Gasteiger partial charge in [-0.25, -0.2) is 4.98 Å². The van der Waals surface area contributed by atoms with Gasteiger partial charge in [0.05, 0.1) is 24.3 Å². The van der Waals surface area contributed by atoms with E-state index in [1.54, 1.807) is 19.1 Å². The SMILES string of the molecule is CCN(C=O)/C(CO)=N\N(C)c1cc(OC(C)C(F)(F)F)c2c(OC3CCOCC3OC)nccc2c1. The van der Waals surface area contributed by atoms with Crippen molar-refractivity contribution in [3.63, 3.8) is 0 Å². The van der Waals surface area contributed by atoms with E-state index in [1.165, 1.54) is 36.3 Å². The van der Waals surface area contributed by atoms with Crippen LogP contribution in [0.25, 0.3) is 10.8 Å². The lowest BCUT2D eigenvalue weighted by molar-refractivity contribution is -0.189. The zero-order valence-corrected chi connectivity index (χ0v) is 21.1. The van der Waals surface area contributed by atoms with Crippen molar-refractivity contribution in [2.45, 2.75) is 44.8 Å². The third-order valence-electron chi connectivity index (χ3n) is 5.93. The molecule has 13 heteroatoms. The highest BCUT2D eigenvalue weighted by atomic mass is 19.4. The molecule has 1 N–H and O–H groups in total. The molecule has 0 saturated carbocycles. The first-order valence-electron chi connectivity index (χ1n) is 11.7. The number of aromatic nitrogens is 1. The molecule has 3 unspecified atom stereocenters. The summed E-state index contributed by atoms with van der Waals surface area (Å²) in [7, 11) is 3.07. The Morgan fingerprint density at radius 2 is 2.14 bits per heavy atom. The number of carbonyl (C=O) groups is 1. The number of hydrogen-bond donors (Lipinski definition) is 1. The van der Waals surface area contributed by atoms with Gasteiger partial charge in [-0.3, -0.25) is 14.7 Å². The molecule has 1 saturated heterocycles. The fourth-order valence-corrected chi connectivity index (χ4v) is 3.78. The maximum atomic E-state index is 13.4. The Labute approximate surface area is 212 Å². The predicted molar refractivity (Wildman–Crippen MR) is 130 cm³/mol. The van der Waals surface area contributed by atoms with Gasteiger partial charge >= 0.3 is 6.18 Å². The number of alkyl halides is 3. The molecule has 1 amide bonds. The van der Waals surface area contributed by atoms with Crippen LogP contribution in [0.5, 0.6) is 11.6 Å². The van der Waals surface area contributed by atoms with Gasteiger partial charge in [-0.1, -0.05) is 0 Å². The van der Waals surface area contributed by atoms with E-state index in [-0.39, 0.29) is 35.5 Å². The number of hydrogen-bond acceptors (Lipinski definition) is 9. The van der Waals surface area contributed by atoms with Crippen LogP contribution in [0.15, 0.2) is 29.5 Å². The Morgan fingerprint density at radius 1 is 1.38 bits per heavy atom. The number of methoxy groups -OCH3 is 1. The number of hydrazone groups is 1. The number of fused-ring (bicyclic) bond motifs is 1. The molecule has 1 fully saturated rings. The van der Waals surface area contributed by atoms with E-state index in [1.807, 2.05) is 0 Å². The summed E-state index contributed by atoms with van der Waals surface area (Å²) in [6, 6.07) is 4.66. The number of amides is 1. The molecule has 1 aromatic heterocycles. The second-order valence-electron chi connectivity index (χ2n) is 8.34. The maximum absolute atomic E-state index is 13.4. The van der Waals surface area contributed by atoms with Crippen LogP contribution >= 0.6 is 0 Å². The molecule has 0 bridgehead atoms. The van der Waals surface area contributed by atoms with Gasteiger partial charge in [0.25, 0.3) is 0 Å². The van der Waals surface area contributed by atoms with Crippen LogP contribution in [0.4, 0.5) is 18.9 Å². The van der Waals surface area contributed by atoms with Gasteiger partial charge in [-0.2, -0.15) is 18.3 Å². The quantitative estimate of drug-likeness (QED) is 0.217. The molecule has 10 nitrogen and oxygen atoms in total. The molecule has 3 atom stereocenters. The van der Waals surface area contributed by atoms with Crippen molar-refractivity contribution in [1.82, 2.24) is 9.88 Å². The molecular weight excluding hydrogens is 497 g/mol. The Balaban J connectivity index is 2.10. The van der Waals surface area contributed by atoms with E-state index in [9.17, 15) is 23.1 Å². The van der Waals surface area contributed by atoms with E-state index >= 15 is 0 Å². The zero-order valence-electron chi connectivity index (χ0n) is 21.1. The van der Waals surface area contributed by atoms with Crippen molar-refractivity contribution in [1.29, 1.82) is 0 Å². The number of halogens is 3. The zero-order chi connectivity index (χ0) is 27.2. The van der Waals surface area contributed by atoms with Crippen LogP contribution in [-0.2, 0) is 14.3 Å². The first kappa shape index (κ1) is 28.4. The third-order valence-corrected chi connectivity index (χ3v) is 5.93. The van der Waals surface area contributed by atoms with Crippen molar-refractivity contribution in [3.8, 4) is 11.6 Å².